The van der Waals surface area contributed by atoms with Gasteiger partial charge in [0.2, 0.25) is 10.0 Å². The highest BCUT2D eigenvalue weighted by atomic mass is 127. The highest BCUT2D eigenvalue weighted by Gasteiger charge is 2.12. The lowest BCUT2D eigenvalue weighted by atomic mass is 10.3. The van der Waals surface area contributed by atoms with Gasteiger partial charge in [0.05, 0.1) is 24.2 Å². The number of primary sulfonamides is 1. The number of rotatable bonds is 5. The molecule has 108 valence electrons. The Hall–Kier alpha value is -1.26. The molecule has 0 fully saturated rings. The normalized spacial score (nSPS) is 11.3. The van der Waals surface area contributed by atoms with Gasteiger partial charge < -0.3 is 14.5 Å². The van der Waals surface area contributed by atoms with E-state index in [1.165, 1.54) is 19.2 Å². The van der Waals surface area contributed by atoms with Gasteiger partial charge >= 0.3 is 0 Å². The molecule has 0 unspecified atom stereocenters. The number of ether oxygens (including phenoxy) is 1. The molecule has 6 nitrogen and oxygen atoms in total. The zero-order chi connectivity index (χ0) is 14.8. The third kappa shape index (κ3) is 3.64. The number of halogens is 1. The van der Waals surface area contributed by atoms with Crippen molar-refractivity contribution in [1.82, 2.24) is 0 Å². The molecule has 1 aromatic carbocycles. The van der Waals surface area contributed by atoms with E-state index in [4.69, 9.17) is 14.3 Å². The molecule has 0 radical (unpaired) electrons. The summed E-state index contributed by atoms with van der Waals surface area (Å²) in [5.74, 6) is 1.26. The maximum atomic E-state index is 11.4. The van der Waals surface area contributed by atoms with Gasteiger partial charge in [-0.1, -0.05) is 0 Å². The Morgan fingerprint density at radius 3 is 2.65 bits per heavy atom. The van der Waals surface area contributed by atoms with Gasteiger partial charge in [0, 0.05) is 0 Å². The van der Waals surface area contributed by atoms with E-state index < -0.39 is 10.0 Å². The van der Waals surface area contributed by atoms with E-state index in [1.54, 1.807) is 6.07 Å². The first kappa shape index (κ1) is 15.1. The standard InChI is InChI=1S/C12H13IN2O4S/c1-18-11-4-3-9(20(14,16)17)6-10(11)15-7-8-2-5-12(13)19-8/h2-6,15H,7H2,1H3,(H2,14,16,17). The Morgan fingerprint density at radius 2 is 2.10 bits per heavy atom. The minimum absolute atomic E-state index is 0.0230. The van der Waals surface area contributed by atoms with Gasteiger partial charge in [-0.15, -0.1) is 0 Å². The fourth-order valence-corrected chi connectivity index (χ4v) is 2.63. The zero-order valence-electron chi connectivity index (χ0n) is 10.6. The first-order valence-corrected chi connectivity index (χ1v) is 8.21. The molecule has 0 aliphatic carbocycles. The number of hydrogen-bond acceptors (Lipinski definition) is 5. The molecule has 0 amide bonds. The number of nitrogens with one attached hydrogen (secondary N) is 1. The number of sulfonamides is 1. The fraction of sp³-hybridized carbons (Fsp3) is 0.167. The maximum Gasteiger partial charge on any atom is 0.238 e. The van der Waals surface area contributed by atoms with Crippen molar-refractivity contribution in [1.29, 1.82) is 0 Å². The Kier molecular flexibility index (Phi) is 4.55. The van der Waals surface area contributed by atoms with Crippen molar-refractivity contribution in [2.24, 2.45) is 5.14 Å². The van der Waals surface area contributed by atoms with Crippen molar-refractivity contribution in [2.75, 3.05) is 12.4 Å². The summed E-state index contributed by atoms with van der Waals surface area (Å²) in [6.45, 7) is 0.410. The average Bonchev–Trinajstić information content (AvgIpc) is 2.80. The molecule has 0 spiro atoms. The minimum Gasteiger partial charge on any atom is -0.495 e. The zero-order valence-corrected chi connectivity index (χ0v) is 13.6. The van der Waals surface area contributed by atoms with Crippen LogP contribution in [0.2, 0.25) is 0 Å². The van der Waals surface area contributed by atoms with E-state index in [-0.39, 0.29) is 4.90 Å². The molecule has 1 aromatic heterocycles. The van der Waals surface area contributed by atoms with Crippen LogP contribution in [0.25, 0.3) is 0 Å². The smallest absolute Gasteiger partial charge is 0.238 e. The topological polar surface area (TPSA) is 94.6 Å². The summed E-state index contributed by atoms with van der Waals surface area (Å²) in [5.41, 5.74) is 0.533. The molecule has 0 aliphatic heterocycles. The number of hydrogen-bond donors (Lipinski definition) is 2. The molecular formula is C12H13IN2O4S. The number of nitrogens with two attached hydrogens (primary N) is 1. The van der Waals surface area contributed by atoms with Crippen molar-refractivity contribution in [3.05, 3.63) is 39.9 Å². The summed E-state index contributed by atoms with van der Waals surface area (Å²) in [4.78, 5) is 0.0230. The van der Waals surface area contributed by atoms with Gasteiger partial charge in [0.25, 0.3) is 0 Å². The van der Waals surface area contributed by atoms with Crippen LogP contribution in [0, 0.1) is 3.77 Å². The van der Waals surface area contributed by atoms with Crippen LogP contribution in [0.5, 0.6) is 5.75 Å². The number of benzene rings is 1. The van der Waals surface area contributed by atoms with Gasteiger partial charge in [-0.3, -0.25) is 0 Å². The molecule has 0 saturated heterocycles. The molecule has 0 atom stereocenters. The van der Waals surface area contributed by atoms with E-state index in [9.17, 15) is 8.42 Å². The highest BCUT2D eigenvalue weighted by Crippen LogP contribution is 2.27. The minimum atomic E-state index is -3.75. The molecule has 3 N–H and O–H groups in total. The van der Waals surface area contributed by atoms with Gasteiger partial charge in [-0.2, -0.15) is 0 Å². The van der Waals surface area contributed by atoms with Gasteiger partial charge in [-0.05, 0) is 52.9 Å². The van der Waals surface area contributed by atoms with Crippen LogP contribution in [0.15, 0.2) is 39.6 Å². The summed E-state index contributed by atoms with van der Waals surface area (Å²) < 4.78 is 34.1. The number of anilines is 1. The van der Waals surface area contributed by atoms with Crippen LogP contribution < -0.4 is 15.2 Å². The van der Waals surface area contributed by atoms with Gasteiger partial charge in [0.1, 0.15) is 11.5 Å². The molecular weight excluding hydrogens is 395 g/mol. The van der Waals surface area contributed by atoms with Crippen LogP contribution in [0.1, 0.15) is 5.76 Å². The van der Waals surface area contributed by atoms with Gasteiger partial charge in [0.15, 0.2) is 3.77 Å². The fourth-order valence-electron chi connectivity index (χ4n) is 1.63. The Balaban J connectivity index is 2.24. The molecule has 8 heteroatoms. The van der Waals surface area contributed by atoms with Crippen LogP contribution in [-0.2, 0) is 16.6 Å². The number of furan rings is 1. The summed E-state index contributed by atoms with van der Waals surface area (Å²) >= 11 is 2.07. The van der Waals surface area contributed by atoms with Crippen molar-refractivity contribution < 1.29 is 17.6 Å². The Bertz CT molecular complexity index is 712. The molecule has 2 rings (SSSR count). The molecule has 0 bridgehead atoms. The van der Waals surface area contributed by atoms with E-state index in [1.807, 2.05) is 12.1 Å². The number of methoxy groups -OCH3 is 1. The molecule has 1 heterocycles. The molecule has 0 saturated carbocycles. The van der Waals surface area contributed by atoms with Crippen LogP contribution in [0.3, 0.4) is 0 Å². The Labute approximate surface area is 130 Å². The largest absolute Gasteiger partial charge is 0.495 e. The average molecular weight is 408 g/mol. The highest BCUT2D eigenvalue weighted by molar-refractivity contribution is 14.1. The molecule has 20 heavy (non-hydrogen) atoms. The van der Waals surface area contributed by atoms with Crippen molar-refractivity contribution >= 4 is 38.3 Å². The lowest BCUT2D eigenvalue weighted by Crippen LogP contribution is -2.12. The predicted octanol–water partition coefficient (Wildman–Crippen LogP) is 2.15. The summed E-state index contributed by atoms with van der Waals surface area (Å²) in [6, 6.07) is 8.06. The van der Waals surface area contributed by atoms with Crippen LogP contribution >= 0.6 is 22.6 Å². The second kappa shape index (κ2) is 6.02. The predicted molar refractivity (Wildman–Crippen MR) is 83.1 cm³/mol. The first-order valence-electron chi connectivity index (χ1n) is 5.59. The lowest BCUT2D eigenvalue weighted by Gasteiger charge is -2.11. The quantitative estimate of drug-likeness (QED) is 0.740. The van der Waals surface area contributed by atoms with E-state index in [0.29, 0.717) is 18.0 Å². The van der Waals surface area contributed by atoms with E-state index >= 15 is 0 Å². The maximum absolute atomic E-state index is 11.4. The van der Waals surface area contributed by atoms with Crippen molar-refractivity contribution in [2.45, 2.75) is 11.4 Å². The summed E-state index contributed by atoms with van der Waals surface area (Å²) in [5, 5.41) is 8.18. The van der Waals surface area contributed by atoms with Crippen molar-refractivity contribution in [3.8, 4) is 5.75 Å². The monoisotopic (exact) mass is 408 g/mol. The van der Waals surface area contributed by atoms with Gasteiger partial charge in [-0.25, -0.2) is 13.6 Å². The summed E-state index contributed by atoms with van der Waals surface area (Å²) in [7, 11) is -2.24. The lowest BCUT2D eigenvalue weighted by molar-refractivity contribution is 0.415. The molecule has 2 aromatic rings. The Morgan fingerprint density at radius 1 is 1.35 bits per heavy atom. The van der Waals surface area contributed by atoms with Crippen LogP contribution in [0.4, 0.5) is 5.69 Å². The van der Waals surface area contributed by atoms with E-state index in [0.717, 1.165) is 9.53 Å². The SMILES string of the molecule is COc1ccc(S(N)(=O)=O)cc1NCc1ccc(I)o1. The second-order valence-corrected chi connectivity index (χ2v) is 6.59. The summed E-state index contributed by atoms with van der Waals surface area (Å²) in [6.07, 6.45) is 0. The first-order chi connectivity index (χ1) is 9.40. The van der Waals surface area contributed by atoms with Crippen LogP contribution in [-0.4, -0.2) is 15.5 Å². The third-order valence-corrected chi connectivity index (χ3v) is 4.07. The second-order valence-electron chi connectivity index (χ2n) is 3.97. The van der Waals surface area contributed by atoms with E-state index in [2.05, 4.69) is 27.9 Å². The third-order valence-electron chi connectivity index (χ3n) is 2.58. The van der Waals surface area contributed by atoms with Crippen molar-refractivity contribution in [3.63, 3.8) is 0 Å². The molecule has 0 aliphatic rings.